The second-order valence-electron chi connectivity index (χ2n) is 6.75. The van der Waals surface area contributed by atoms with Gasteiger partial charge in [0.2, 0.25) is 5.95 Å². The highest BCUT2D eigenvalue weighted by Crippen LogP contribution is 2.19. The zero-order valence-electron chi connectivity index (χ0n) is 17.3. The van der Waals surface area contributed by atoms with Crippen LogP contribution in [0.1, 0.15) is 11.3 Å². The summed E-state index contributed by atoms with van der Waals surface area (Å²) in [5.74, 6) is 1.97. The van der Waals surface area contributed by atoms with Crippen molar-refractivity contribution in [2.75, 3.05) is 36.1 Å². The van der Waals surface area contributed by atoms with Crippen LogP contribution in [-0.2, 0) is 0 Å². The summed E-state index contributed by atoms with van der Waals surface area (Å²) in [6.45, 7) is 4.82. The van der Waals surface area contributed by atoms with Crippen molar-refractivity contribution in [1.29, 1.82) is 0 Å². The van der Waals surface area contributed by atoms with Crippen LogP contribution in [-0.4, -0.2) is 36.2 Å². The average molecular weight is 406 g/mol. The Balaban J connectivity index is 1.47. The fourth-order valence-electron chi connectivity index (χ4n) is 2.70. The topological polar surface area (TPSA) is 100 Å². The van der Waals surface area contributed by atoms with Gasteiger partial charge in [-0.1, -0.05) is 17.7 Å². The number of ether oxygens (including phenoxy) is 1. The number of anilines is 4. The lowest BCUT2D eigenvalue weighted by Crippen LogP contribution is -2.32. The van der Waals surface area contributed by atoms with Crippen LogP contribution in [0.2, 0.25) is 0 Å². The summed E-state index contributed by atoms with van der Waals surface area (Å²) >= 11 is 0. The van der Waals surface area contributed by atoms with Crippen molar-refractivity contribution < 1.29 is 9.53 Å². The Kier molecular flexibility index (Phi) is 7.05. The van der Waals surface area contributed by atoms with E-state index in [0.717, 1.165) is 28.4 Å². The maximum Gasteiger partial charge on any atom is 0.319 e. The first-order valence-electron chi connectivity index (χ1n) is 9.64. The minimum absolute atomic E-state index is 0.257. The highest BCUT2D eigenvalue weighted by Gasteiger charge is 2.04. The molecule has 0 bridgehead atoms. The number of carbonyl (C=O) groups is 1. The molecule has 0 fully saturated rings. The van der Waals surface area contributed by atoms with Gasteiger partial charge in [-0.3, -0.25) is 0 Å². The monoisotopic (exact) mass is 406 g/mol. The van der Waals surface area contributed by atoms with Crippen LogP contribution in [0.4, 0.5) is 27.9 Å². The third kappa shape index (κ3) is 6.37. The Labute approximate surface area is 176 Å². The van der Waals surface area contributed by atoms with Crippen LogP contribution in [0.15, 0.2) is 54.6 Å². The molecule has 4 N–H and O–H groups in total. The number of aryl methyl sites for hydroxylation is 2. The zero-order valence-corrected chi connectivity index (χ0v) is 17.3. The third-order valence-electron chi connectivity index (χ3n) is 4.22. The van der Waals surface area contributed by atoms with E-state index in [1.807, 2.05) is 68.4 Å². The normalized spacial score (nSPS) is 10.2. The molecule has 8 heteroatoms. The first kappa shape index (κ1) is 20.9. The van der Waals surface area contributed by atoms with Crippen LogP contribution in [0.5, 0.6) is 5.75 Å². The standard InChI is InChI=1S/C22H26N6O2/c1-15-4-6-18(7-5-15)27-22(29)24-13-12-23-21-25-16(2)14-20(28-21)26-17-8-10-19(30-3)11-9-17/h4-11,14H,12-13H2,1-3H3,(H2,24,27,29)(H2,23,25,26,28). The van der Waals surface area contributed by atoms with Crippen LogP contribution in [0.25, 0.3) is 0 Å². The lowest BCUT2D eigenvalue weighted by molar-refractivity contribution is 0.252. The smallest absolute Gasteiger partial charge is 0.319 e. The summed E-state index contributed by atoms with van der Waals surface area (Å²) in [7, 11) is 1.63. The number of methoxy groups -OCH3 is 1. The Bertz CT molecular complexity index is 974. The Morgan fingerprint density at radius 1 is 0.933 bits per heavy atom. The number of nitrogens with one attached hydrogen (secondary N) is 4. The van der Waals surface area contributed by atoms with E-state index in [-0.39, 0.29) is 6.03 Å². The van der Waals surface area contributed by atoms with E-state index < -0.39 is 0 Å². The molecule has 0 atom stereocenters. The second-order valence-corrected chi connectivity index (χ2v) is 6.75. The summed E-state index contributed by atoms with van der Waals surface area (Å²) < 4.78 is 5.17. The van der Waals surface area contributed by atoms with Gasteiger partial charge in [0.1, 0.15) is 11.6 Å². The predicted molar refractivity (Wildman–Crippen MR) is 120 cm³/mol. The van der Waals surface area contributed by atoms with Crippen LogP contribution in [0.3, 0.4) is 0 Å². The molecule has 3 rings (SSSR count). The maximum absolute atomic E-state index is 12.0. The molecule has 30 heavy (non-hydrogen) atoms. The van der Waals surface area contributed by atoms with Gasteiger partial charge in [-0.15, -0.1) is 0 Å². The fraction of sp³-hybridized carbons (Fsp3) is 0.227. The van der Waals surface area contributed by atoms with E-state index in [2.05, 4.69) is 31.2 Å². The molecule has 1 aromatic heterocycles. The molecule has 8 nitrogen and oxygen atoms in total. The summed E-state index contributed by atoms with van der Waals surface area (Å²) in [6, 6.07) is 16.8. The number of urea groups is 1. The fourth-order valence-corrected chi connectivity index (χ4v) is 2.70. The van der Waals surface area contributed by atoms with Crippen molar-refractivity contribution in [2.24, 2.45) is 0 Å². The molecule has 2 amide bonds. The van der Waals surface area contributed by atoms with Gasteiger partial charge in [0.15, 0.2) is 0 Å². The molecule has 1 heterocycles. The number of carbonyl (C=O) groups excluding carboxylic acids is 1. The van der Waals surface area contributed by atoms with Crippen LogP contribution < -0.4 is 26.0 Å². The summed E-state index contributed by atoms with van der Waals surface area (Å²) in [6.07, 6.45) is 0. The molecule has 0 aliphatic heterocycles. The molecule has 2 aromatic carbocycles. The van der Waals surface area contributed by atoms with Crippen molar-refractivity contribution >= 4 is 29.2 Å². The van der Waals surface area contributed by atoms with Gasteiger partial charge < -0.3 is 26.0 Å². The number of aromatic nitrogens is 2. The summed E-state index contributed by atoms with van der Waals surface area (Å²) in [5.41, 5.74) is 3.62. The zero-order chi connectivity index (χ0) is 21.3. The largest absolute Gasteiger partial charge is 0.497 e. The third-order valence-corrected chi connectivity index (χ3v) is 4.22. The number of rotatable bonds is 8. The van der Waals surface area contributed by atoms with E-state index in [9.17, 15) is 4.79 Å². The number of amides is 2. The van der Waals surface area contributed by atoms with Gasteiger partial charge >= 0.3 is 6.03 Å². The van der Waals surface area contributed by atoms with E-state index in [1.165, 1.54) is 0 Å². The van der Waals surface area contributed by atoms with Crippen molar-refractivity contribution in [2.45, 2.75) is 13.8 Å². The molecule has 0 saturated carbocycles. The first-order chi connectivity index (χ1) is 14.5. The summed E-state index contributed by atoms with van der Waals surface area (Å²) in [5, 5.41) is 12.0. The molecule has 0 aliphatic carbocycles. The molecule has 156 valence electrons. The van der Waals surface area contributed by atoms with Gasteiger partial charge in [0, 0.05) is 36.2 Å². The summed E-state index contributed by atoms with van der Waals surface area (Å²) in [4.78, 5) is 20.8. The number of benzene rings is 2. The predicted octanol–water partition coefficient (Wildman–Crippen LogP) is 4.08. The van der Waals surface area contributed by atoms with Crippen LogP contribution in [0, 0.1) is 13.8 Å². The van der Waals surface area contributed by atoms with E-state index in [4.69, 9.17) is 4.74 Å². The quantitative estimate of drug-likeness (QED) is 0.421. The van der Waals surface area contributed by atoms with Gasteiger partial charge in [-0.2, -0.15) is 4.98 Å². The average Bonchev–Trinajstić information content (AvgIpc) is 2.73. The van der Waals surface area contributed by atoms with Crippen molar-refractivity contribution in [1.82, 2.24) is 15.3 Å². The molecular formula is C22H26N6O2. The SMILES string of the molecule is COc1ccc(Nc2cc(C)nc(NCCNC(=O)Nc3ccc(C)cc3)n2)cc1. The van der Waals surface area contributed by atoms with E-state index >= 15 is 0 Å². The Morgan fingerprint density at radius 3 is 2.33 bits per heavy atom. The first-order valence-corrected chi connectivity index (χ1v) is 9.64. The second kappa shape index (κ2) is 10.1. The van der Waals surface area contributed by atoms with Crippen molar-refractivity contribution in [3.05, 3.63) is 65.9 Å². The molecule has 0 saturated heterocycles. The van der Waals surface area contributed by atoms with Crippen LogP contribution >= 0.6 is 0 Å². The molecule has 0 radical (unpaired) electrons. The number of hydrogen-bond acceptors (Lipinski definition) is 6. The highest BCUT2D eigenvalue weighted by atomic mass is 16.5. The lowest BCUT2D eigenvalue weighted by atomic mass is 10.2. The Hall–Kier alpha value is -3.81. The number of nitrogens with zero attached hydrogens (tertiary/aromatic N) is 2. The van der Waals surface area contributed by atoms with Gasteiger partial charge in [-0.25, -0.2) is 9.78 Å². The Morgan fingerprint density at radius 2 is 1.63 bits per heavy atom. The van der Waals surface area contributed by atoms with Gasteiger partial charge in [-0.05, 0) is 50.2 Å². The van der Waals surface area contributed by atoms with Gasteiger partial charge in [0.05, 0.1) is 7.11 Å². The van der Waals surface area contributed by atoms with E-state index in [0.29, 0.717) is 24.9 Å². The molecule has 0 spiro atoms. The molecular weight excluding hydrogens is 380 g/mol. The van der Waals surface area contributed by atoms with Crippen molar-refractivity contribution in [3.8, 4) is 5.75 Å². The molecule has 3 aromatic rings. The molecule has 0 aliphatic rings. The molecule has 0 unspecified atom stereocenters. The maximum atomic E-state index is 12.0. The highest BCUT2D eigenvalue weighted by molar-refractivity contribution is 5.89. The lowest BCUT2D eigenvalue weighted by Gasteiger charge is -2.11. The minimum Gasteiger partial charge on any atom is -0.497 e. The minimum atomic E-state index is -0.257. The van der Waals surface area contributed by atoms with Gasteiger partial charge in [0.25, 0.3) is 0 Å². The van der Waals surface area contributed by atoms with E-state index in [1.54, 1.807) is 7.11 Å². The number of hydrogen-bond donors (Lipinski definition) is 4. The van der Waals surface area contributed by atoms with Crippen molar-refractivity contribution in [3.63, 3.8) is 0 Å².